The van der Waals surface area contributed by atoms with Crippen LogP contribution in [0.15, 0.2) is 64.3 Å². The minimum Gasteiger partial charge on any atom is -0.451 e. The lowest BCUT2D eigenvalue weighted by Crippen LogP contribution is -1.86. The van der Waals surface area contributed by atoms with Crippen LogP contribution >= 0.6 is 11.8 Å². The van der Waals surface area contributed by atoms with Gasteiger partial charge in [-0.1, -0.05) is 53.7 Å². The van der Waals surface area contributed by atoms with Crippen LogP contribution in [0.5, 0.6) is 0 Å². The van der Waals surface area contributed by atoms with Gasteiger partial charge in [-0.25, -0.2) is 9.97 Å². The van der Waals surface area contributed by atoms with Gasteiger partial charge in [-0.2, -0.15) is 0 Å². The lowest BCUT2D eigenvalue weighted by atomic mass is 10.2. The van der Waals surface area contributed by atoms with Gasteiger partial charge in [-0.3, -0.25) is 0 Å². The van der Waals surface area contributed by atoms with E-state index in [1.165, 1.54) is 11.1 Å². The second-order valence-electron chi connectivity index (χ2n) is 5.23. The lowest BCUT2D eigenvalue weighted by Gasteiger charge is -2.02. The second kappa shape index (κ2) is 5.46. The SMILES string of the molecule is Cc1ccc(CSc2ncnc3c2oc2ccccc23)cc1. The quantitative estimate of drug-likeness (QED) is 0.395. The minimum atomic E-state index is 0.779. The van der Waals surface area contributed by atoms with Crippen molar-refractivity contribution in [3.8, 4) is 0 Å². The highest BCUT2D eigenvalue weighted by molar-refractivity contribution is 7.98. The van der Waals surface area contributed by atoms with Crippen LogP contribution in [0.4, 0.5) is 0 Å². The molecule has 0 unspecified atom stereocenters. The number of nitrogens with zero attached hydrogens (tertiary/aromatic N) is 2. The number of rotatable bonds is 3. The summed E-state index contributed by atoms with van der Waals surface area (Å²) in [7, 11) is 0. The van der Waals surface area contributed by atoms with Crippen molar-refractivity contribution in [2.75, 3.05) is 0 Å². The fourth-order valence-corrected chi connectivity index (χ4v) is 3.33. The van der Waals surface area contributed by atoms with Crippen LogP contribution < -0.4 is 0 Å². The molecule has 0 amide bonds. The van der Waals surface area contributed by atoms with Crippen LogP contribution in [0.3, 0.4) is 0 Å². The Morgan fingerprint density at radius 1 is 1.00 bits per heavy atom. The van der Waals surface area contributed by atoms with Gasteiger partial charge < -0.3 is 4.42 Å². The van der Waals surface area contributed by atoms with E-state index in [4.69, 9.17) is 4.42 Å². The molecule has 0 spiro atoms. The monoisotopic (exact) mass is 306 g/mol. The highest BCUT2D eigenvalue weighted by Crippen LogP contribution is 2.33. The topological polar surface area (TPSA) is 38.9 Å². The fourth-order valence-electron chi connectivity index (χ4n) is 2.44. The molecule has 4 aromatic rings. The second-order valence-corrected chi connectivity index (χ2v) is 6.19. The van der Waals surface area contributed by atoms with Crippen LogP contribution in [0.1, 0.15) is 11.1 Å². The molecule has 3 nitrogen and oxygen atoms in total. The molecule has 0 aliphatic carbocycles. The van der Waals surface area contributed by atoms with Gasteiger partial charge in [0.15, 0.2) is 5.58 Å². The normalized spacial score (nSPS) is 11.3. The number of hydrogen-bond donors (Lipinski definition) is 0. The molecule has 0 atom stereocenters. The van der Waals surface area contributed by atoms with E-state index in [9.17, 15) is 0 Å². The third-order valence-electron chi connectivity index (χ3n) is 3.62. The molecular formula is C18H14N2OS. The average molecular weight is 306 g/mol. The summed E-state index contributed by atoms with van der Waals surface area (Å²) < 4.78 is 5.95. The van der Waals surface area contributed by atoms with Crippen molar-refractivity contribution in [2.45, 2.75) is 17.7 Å². The van der Waals surface area contributed by atoms with Gasteiger partial charge in [0.25, 0.3) is 0 Å². The Kier molecular flexibility index (Phi) is 3.31. The zero-order chi connectivity index (χ0) is 14.9. The molecule has 2 aromatic carbocycles. The molecule has 0 aliphatic heterocycles. The molecule has 0 bridgehead atoms. The van der Waals surface area contributed by atoms with E-state index >= 15 is 0 Å². The van der Waals surface area contributed by atoms with E-state index < -0.39 is 0 Å². The fraction of sp³-hybridized carbons (Fsp3) is 0.111. The number of hydrogen-bond acceptors (Lipinski definition) is 4. The maximum absolute atomic E-state index is 5.95. The Balaban J connectivity index is 1.70. The van der Waals surface area contributed by atoms with Gasteiger partial charge >= 0.3 is 0 Å². The first-order valence-electron chi connectivity index (χ1n) is 7.12. The number of benzene rings is 2. The Morgan fingerprint density at radius 2 is 1.82 bits per heavy atom. The summed E-state index contributed by atoms with van der Waals surface area (Å²) in [6, 6.07) is 16.5. The van der Waals surface area contributed by atoms with E-state index in [2.05, 4.69) is 41.2 Å². The van der Waals surface area contributed by atoms with Gasteiger partial charge in [0, 0.05) is 11.1 Å². The first-order valence-corrected chi connectivity index (χ1v) is 8.10. The molecule has 4 rings (SSSR count). The molecule has 108 valence electrons. The third-order valence-corrected chi connectivity index (χ3v) is 4.66. The summed E-state index contributed by atoms with van der Waals surface area (Å²) in [5.41, 5.74) is 5.07. The molecular weight excluding hydrogens is 292 g/mol. The van der Waals surface area contributed by atoms with Crippen molar-refractivity contribution in [2.24, 2.45) is 0 Å². The van der Waals surface area contributed by atoms with Gasteiger partial charge in [0.05, 0.1) is 0 Å². The predicted molar refractivity (Wildman–Crippen MR) is 90.1 cm³/mol. The molecule has 0 aliphatic rings. The molecule has 22 heavy (non-hydrogen) atoms. The van der Waals surface area contributed by atoms with E-state index in [1.54, 1.807) is 18.1 Å². The molecule has 0 fully saturated rings. The van der Waals surface area contributed by atoms with E-state index in [1.807, 2.05) is 24.3 Å². The number of aryl methyl sites for hydroxylation is 1. The Bertz CT molecular complexity index is 944. The number of furan rings is 1. The van der Waals surface area contributed by atoms with Crippen molar-refractivity contribution >= 4 is 33.8 Å². The standard InChI is InChI=1S/C18H14N2OS/c1-12-6-8-13(9-7-12)10-22-18-17-16(19-11-20-18)14-4-2-3-5-15(14)21-17/h2-9,11H,10H2,1H3. The predicted octanol–water partition coefficient (Wildman–Crippen LogP) is 4.98. The number of para-hydroxylation sites is 1. The number of fused-ring (bicyclic) bond motifs is 3. The smallest absolute Gasteiger partial charge is 0.186 e. The molecule has 4 heteroatoms. The molecule has 2 aromatic heterocycles. The van der Waals surface area contributed by atoms with Gasteiger partial charge in [-0.15, -0.1) is 0 Å². The zero-order valence-corrected chi connectivity index (χ0v) is 12.9. The van der Waals surface area contributed by atoms with E-state index in [-0.39, 0.29) is 0 Å². The number of thioether (sulfide) groups is 1. The minimum absolute atomic E-state index is 0.779. The lowest BCUT2D eigenvalue weighted by molar-refractivity contribution is 0.653. The van der Waals surface area contributed by atoms with E-state index in [0.29, 0.717) is 0 Å². The third kappa shape index (κ3) is 2.35. The molecule has 0 radical (unpaired) electrons. The summed E-state index contributed by atoms with van der Waals surface area (Å²) in [6.07, 6.45) is 1.61. The van der Waals surface area contributed by atoms with Crippen molar-refractivity contribution < 1.29 is 4.42 Å². The van der Waals surface area contributed by atoms with Crippen molar-refractivity contribution in [3.63, 3.8) is 0 Å². The van der Waals surface area contributed by atoms with Crippen LogP contribution in [0.25, 0.3) is 22.1 Å². The van der Waals surface area contributed by atoms with Crippen molar-refractivity contribution in [1.82, 2.24) is 9.97 Å². The van der Waals surface area contributed by atoms with Gasteiger partial charge in [0.2, 0.25) is 0 Å². The Labute approximate surface area is 132 Å². The average Bonchev–Trinajstić information content (AvgIpc) is 2.94. The largest absolute Gasteiger partial charge is 0.451 e. The highest BCUT2D eigenvalue weighted by Gasteiger charge is 2.13. The summed E-state index contributed by atoms with van der Waals surface area (Å²) in [4.78, 5) is 8.77. The maximum atomic E-state index is 5.95. The van der Waals surface area contributed by atoms with Crippen molar-refractivity contribution in [1.29, 1.82) is 0 Å². The molecule has 0 saturated heterocycles. The first kappa shape index (κ1) is 13.3. The maximum Gasteiger partial charge on any atom is 0.186 e. The molecule has 2 heterocycles. The van der Waals surface area contributed by atoms with Crippen LogP contribution in [0.2, 0.25) is 0 Å². The van der Waals surface area contributed by atoms with Crippen molar-refractivity contribution in [3.05, 3.63) is 66.0 Å². The van der Waals surface area contributed by atoms with Crippen LogP contribution in [-0.4, -0.2) is 9.97 Å². The van der Waals surface area contributed by atoms with Crippen LogP contribution in [0, 0.1) is 6.92 Å². The first-order chi connectivity index (χ1) is 10.8. The summed E-state index contributed by atoms with van der Waals surface area (Å²) in [5, 5.41) is 1.93. The Morgan fingerprint density at radius 3 is 2.68 bits per heavy atom. The van der Waals surface area contributed by atoms with Gasteiger partial charge in [-0.05, 0) is 24.6 Å². The summed E-state index contributed by atoms with van der Waals surface area (Å²) in [6.45, 7) is 2.10. The zero-order valence-electron chi connectivity index (χ0n) is 12.1. The highest BCUT2D eigenvalue weighted by atomic mass is 32.2. The summed E-state index contributed by atoms with van der Waals surface area (Å²) >= 11 is 1.68. The molecule has 0 saturated carbocycles. The van der Waals surface area contributed by atoms with E-state index in [0.717, 1.165) is 32.8 Å². The number of aromatic nitrogens is 2. The van der Waals surface area contributed by atoms with Crippen LogP contribution in [-0.2, 0) is 5.75 Å². The molecule has 0 N–H and O–H groups in total. The van der Waals surface area contributed by atoms with Gasteiger partial charge in [0.1, 0.15) is 22.5 Å². The summed E-state index contributed by atoms with van der Waals surface area (Å²) in [5.74, 6) is 0.865. The Hall–Kier alpha value is -2.33.